The Hall–Kier alpha value is -1.03. The number of hydrogen-bond acceptors (Lipinski definition) is 8. The number of methoxy groups -OCH3 is 1. The molecule has 3 N–H and O–H groups in total. The van der Waals surface area contributed by atoms with Gasteiger partial charge in [0.25, 0.3) is 0 Å². The summed E-state index contributed by atoms with van der Waals surface area (Å²) in [5.41, 5.74) is 0.300. The second-order valence-corrected chi connectivity index (χ2v) is 13.7. The fourth-order valence-electron chi connectivity index (χ4n) is 10.1. The van der Waals surface area contributed by atoms with Crippen molar-refractivity contribution in [2.24, 2.45) is 34.5 Å². The van der Waals surface area contributed by atoms with Gasteiger partial charge < -0.3 is 34.3 Å². The van der Waals surface area contributed by atoms with Gasteiger partial charge in [0.1, 0.15) is 24.9 Å². The van der Waals surface area contributed by atoms with Crippen LogP contribution in [-0.4, -0.2) is 77.4 Å². The van der Waals surface area contributed by atoms with Crippen molar-refractivity contribution in [1.29, 1.82) is 0 Å². The van der Waals surface area contributed by atoms with E-state index in [9.17, 15) is 20.1 Å². The number of rotatable bonds is 4. The van der Waals surface area contributed by atoms with Crippen LogP contribution in [-0.2, 0) is 23.7 Å². The van der Waals surface area contributed by atoms with E-state index in [-0.39, 0.29) is 34.7 Å². The van der Waals surface area contributed by atoms with Gasteiger partial charge in [-0.2, -0.15) is 0 Å². The van der Waals surface area contributed by atoms with Crippen LogP contribution in [0.15, 0.2) is 11.6 Å². The number of cyclic esters (lactones) is 1. The average Bonchev–Trinajstić information content (AvgIpc) is 3.43. The van der Waals surface area contributed by atoms with E-state index in [2.05, 4.69) is 13.8 Å². The highest BCUT2D eigenvalue weighted by Crippen LogP contribution is 2.70. The number of carbonyl (C=O) groups excluding carboxylic acids is 1. The Morgan fingerprint density at radius 3 is 2.50 bits per heavy atom. The summed E-state index contributed by atoms with van der Waals surface area (Å²) in [4.78, 5) is 11.8. The molecule has 0 unspecified atom stereocenters. The predicted molar refractivity (Wildman–Crippen MR) is 138 cm³/mol. The van der Waals surface area contributed by atoms with E-state index in [1.54, 1.807) is 13.0 Å². The molecule has 0 aromatic rings. The van der Waals surface area contributed by atoms with E-state index in [0.29, 0.717) is 18.4 Å². The number of carbonyl (C=O) groups is 1. The first kappa shape index (κ1) is 27.2. The van der Waals surface area contributed by atoms with E-state index < -0.39 is 36.3 Å². The molecule has 0 spiro atoms. The highest BCUT2D eigenvalue weighted by molar-refractivity contribution is 5.85. The monoisotopic (exact) mass is 534 g/mol. The van der Waals surface area contributed by atoms with Crippen LogP contribution in [0.25, 0.3) is 0 Å². The van der Waals surface area contributed by atoms with Crippen molar-refractivity contribution < 1.29 is 39.1 Å². The molecule has 6 aliphatic rings. The highest BCUT2D eigenvalue weighted by Gasteiger charge is 2.67. The third kappa shape index (κ3) is 3.88. The van der Waals surface area contributed by atoms with Crippen LogP contribution >= 0.6 is 0 Å². The molecule has 6 rings (SSSR count). The Morgan fingerprint density at radius 2 is 1.79 bits per heavy atom. The van der Waals surface area contributed by atoms with Gasteiger partial charge in [0, 0.05) is 18.6 Å². The summed E-state index contributed by atoms with van der Waals surface area (Å²) in [5, 5.41) is 33.5. The third-order valence-electron chi connectivity index (χ3n) is 12.3. The molecule has 8 heteroatoms. The lowest BCUT2D eigenvalue weighted by molar-refractivity contribution is -0.313. The second-order valence-electron chi connectivity index (χ2n) is 13.7. The number of esters is 1. The molecule has 13 atom stereocenters. The van der Waals surface area contributed by atoms with Gasteiger partial charge in [-0.1, -0.05) is 13.8 Å². The number of aliphatic hydroxyl groups excluding tert-OH is 2. The average molecular weight is 535 g/mol. The Balaban J connectivity index is 1.16. The fourth-order valence-corrected chi connectivity index (χ4v) is 10.1. The minimum absolute atomic E-state index is 0.0103. The lowest BCUT2D eigenvalue weighted by Gasteiger charge is -2.64. The zero-order valence-electron chi connectivity index (χ0n) is 23.3. The minimum atomic E-state index is -1.04. The predicted octanol–water partition coefficient (Wildman–Crippen LogP) is 3.11. The molecule has 214 valence electrons. The highest BCUT2D eigenvalue weighted by atomic mass is 16.7. The van der Waals surface area contributed by atoms with Crippen molar-refractivity contribution in [3.8, 4) is 0 Å². The molecule has 38 heavy (non-hydrogen) atoms. The smallest absolute Gasteiger partial charge is 0.331 e. The molecule has 0 bridgehead atoms. The van der Waals surface area contributed by atoms with Gasteiger partial charge in [0.15, 0.2) is 6.29 Å². The molecule has 2 aliphatic heterocycles. The van der Waals surface area contributed by atoms with Gasteiger partial charge in [0.05, 0.1) is 17.8 Å². The van der Waals surface area contributed by atoms with Crippen molar-refractivity contribution in [1.82, 2.24) is 0 Å². The van der Waals surface area contributed by atoms with Crippen LogP contribution in [0.5, 0.6) is 0 Å². The second kappa shape index (κ2) is 9.52. The number of hydrogen-bond donors (Lipinski definition) is 3. The molecule has 8 nitrogen and oxygen atoms in total. The molecule has 0 aromatic carbocycles. The third-order valence-corrected chi connectivity index (χ3v) is 12.3. The molecule has 0 radical (unpaired) electrons. The lowest BCUT2D eigenvalue weighted by Crippen LogP contribution is -2.62. The van der Waals surface area contributed by atoms with Gasteiger partial charge in [-0.25, -0.2) is 4.79 Å². The summed E-state index contributed by atoms with van der Waals surface area (Å²) >= 11 is 0. The largest absolute Gasteiger partial charge is 0.458 e. The van der Waals surface area contributed by atoms with Crippen molar-refractivity contribution in [2.75, 3.05) is 13.7 Å². The lowest BCUT2D eigenvalue weighted by atomic mass is 9.43. The fraction of sp³-hybridized carbons (Fsp3) is 0.900. The van der Waals surface area contributed by atoms with Crippen LogP contribution in [0.3, 0.4) is 0 Å². The summed E-state index contributed by atoms with van der Waals surface area (Å²) in [6.45, 7) is 6.87. The maximum atomic E-state index is 12.4. The quantitative estimate of drug-likeness (QED) is 0.372. The molecule has 0 aromatic heterocycles. The Labute approximate surface area is 226 Å². The molecule has 1 saturated heterocycles. The van der Waals surface area contributed by atoms with Gasteiger partial charge in [-0.3, -0.25) is 0 Å². The molecular weight excluding hydrogens is 488 g/mol. The van der Waals surface area contributed by atoms with Crippen LogP contribution in [0.2, 0.25) is 0 Å². The first-order chi connectivity index (χ1) is 18.0. The Morgan fingerprint density at radius 1 is 1.00 bits per heavy atom. The number of fused-ring (bicyclic) bond motifs is 5. The minimum Gasteiger partial charge on any atom is -0.458 e. The van der Waals surface area contributed by atoms with Gasteiger partial charge in [0.2, 0.25) is 0 Å². The maximum absolute atomic E-state index is 12.4. The van der Waals surface area contributed by atoms with E-state index in [4.69, 9.17) is 18.9 Å². The van der Waals surface area contributed by atoms with E-state index in [1.165, 1.54) is 7.11 Å². The van der Waals surface area contributed by atoms with Crippen molar-refractivity contribution >= 4 is 5.97 Å². The SMILES string of the molecule is CO[C@H]1[C@H](O)[C@H](O[C@H]2CC[C@@]3(C)[C@H](CC[C@H]4[C@H]3CC[C@]3(C)[C@H](C5=CC(=O)OC5)CC[C@]43O)C2)O[C@@H](C)[C@@H]1O. The Kier molecular flexibility index (Phi) is 6.80. The molecule has 5 fully saturated rings. The molecule has 4 aliphatic carbocycles. The van der Waals surface area contributed by atoms with Crippen LogP contribution in [0.1, 0.15) is 78.6 Å². The normalized spacial score (nSPS) is 54.5. The zero-order chi connectivity index (χ0) is 27.0. The van der Waals surface area contributed by atoms with E-state index in [1.807, 2.05) is 0 Å². The van der Waals surface area contributed by atoms with Gasteiger partial charge >= 0.3 is 5.97 Å². The van der Waals surface area contributed by atoms with Crippen molar-refractivity contribution in [2.45, 2.75) is 121 Å². The first-order valence-electron chi connectivity index (χ1n) is 14.8. The topological polar surface area (TPSA) is 115 Å². The van der Waals surface area contributed by atoms with Crippen LogP contribution in [0.4, 0.5) is 0 Å². The summed E-state index contributed by atoms with van der Waals surface area (Å²) in [6, 6.07) is 0. The summed E-state index contributed by atoms with van der Waals surface area (Å²) in [5.74, 6) is 1.22. The van der Waals surface area contributed by atoms with Gasteiger partial charge in [-0.15, -0.1) is 0 Å². The van der Waals surface area contributed by atoms with Crippen LogP contribution < -0.4 is 0 Å². The van der Waals surface area contributed by atoms with Crippen molar-refractivity contribution in [3.05, 3.63) is 11.6 Å². The first-order valence-corrected chi connectivity index (χ1v) is 14.8. The van der Waals surface area contributed by atoms with Crippen molar-refractivity contribution in [3.63, 3.8) is 0 Å². The summed E-state index contributed by atoms with van der Waals surface area (Å²) in [7, 11) is 1.49. The summed E-state index contributed by atoms with van der Waals surface area (Å²) in [6.07, 6.45) is 6.45. The number of aliphatic hydroxyl groups is 3. The number of ether oxygens (including phenoxy) is 4. The molecule has 0 amide bonds. The standard InChI is InChI=1S/C30H46O8/c1-16-24(32)26(35-4)25(33)27(37-16)38-19-7-10-28(2)18(14-19)5-6-22-21(28)8-11-29(3)20(9-12-30(22,29)34)17-13-23(31)36-15-17/h13,16,18-22,24-27,32-34H,5-12,14-15H2,1-4H3/t16-,18+,19-,20-,21+,22-,24-,25-,26+,27-,28-,29+,30-/m0/s1. The Bertz CT molecular complexity index is 968. The maximum Gasteiger partial charge on any atom is 0.331 e. The van der Waals surface area contributed by atoms with E-state index >= 15 is 0 Å². The van der Waals surface area contributed by atoms with Crippen LogP contribution in [0, 0.1) is 34.5 Å². The summed E-state index contributed by atoms with van der Waals surface area (Å²) < 4.78 is 22.8. The van der Waals surface area contributed by atoms with E-state index in [0.717, 1.165) is 63.4 Å². The molecule has 4 saturated carbocycles. The van der Waals surface area contributed by atoms with Gasteiger partial charge in [-0.05, 0) is 99.4 Å². The zero-order valence-corrected chi connectivity index (χ0v) is 23.3. The molecule has 2 heterocycles. The molecular formula is C30H46O8.